The van der Waals surface area contributed by atoms with Gasteiger partial charge in [0.15, 0.2) is 0 Å². The van der Waals surface area contributed by atoms with Gasteiger partial charge < -0.3 is 5.11 Å². The second-order valence-electron chi connectivity index (χ2n) is 3.90. The Hall–Kier alpha value is -1.43. The molecule has 0 saturated heterocycles. The molecule has 0 atom stereocenters. The van der Waals surface area contributed by atoms with Gasteiger partial charge in [0, 0.05) is 13.0 Å². The van der Waals surface area contributed by atoms with Crippen molar-refractivity contribution in [3.05, 3.63) is 16.5 Å². The third kappa shape index (κ3) is 4.31. The van der Waals surface area contributed by atoms with E-state index in [0.717, 1.165) is 11.3 Å². The lowest BCUT2D eigenvalue weighted by Gasteiger charge is -2.03. The van der Waals surface area contributed by atoms with Crippen molar-refractivity contribution in [1.82, 2.24) is 4.72 Å². The van der Waals surface area contributed by atoms with Crippen LogP contribution in [0.2, 0.25) is 0 Å². The van der Waals surface area contributed by atoms with Crippen LogP contribution in [0.5, 0.6) is 0 Å². The van der Waals surface area contributed by atoms with Gasteiger partial charge in [-0.1, -0.05) is 0 Å². The van der Waals surface area contributed by atoms with Crippen LogP contribution in [0.1, 0.15) is 34.5 Å². The van der Waals surface area contributed by atoms with Crippen LogP contribution in [-0.4, -0.2) is 26.0 Å². The van der Waals surface area contributed by atoms with Crippen molar-refractivity contribution in [2.75, 3.05) is 6.54 Å². The number of sulfonamides is 1. The lowest BCUT2D eigenvalue weighted by Crippen LogP contribution is -2.23. The Kier molecular flexibility index (Phi) is 5.47. The Morgan fingerprint density at radius 2 is 2.21 bits per heavy atom. The lowest BCUT2D eigenvalue weighted by atomic mass is 10.2. The summed E-state index contributed by atoms with van der Waals surface area (Å²) in [7, 11) is -3.66. The first-order valence-electron chi connectivity index (χ1n) is 5.59. The monoisotopic (exact) mass is 302 g/mol. The van der Waals surface area contributed by atoms with Crippen LogP contribution in [0.25, 0.3) is 0 Å². The number of rotatable bonds is 7. The van der Waals surface area contributed by atoms with Gasteiger partial charge in [-0.05, 0) is 31.4 Å². The third-order valence-corrected chi connectivity index (χ3v) is 5.52. The normalized spacial score (nSPS) is 11.2. The fourth-order valence-corrected chi connectivity index (χ4v) is 3.90. The van der Waals surface area contributed by atoms with E-state index < -0.39 is 16.0 Å². The molecule has 6 nitrogen and oxygen atoms in total. The van der Waals surface area contributed by atoms with Crippen molar-refractivity contribution in [3.63, 3.8) is 0 Å². The highest BCUT2D eigenvalue weighted by molar-refractivity contribution is 7.91. The van der Waals surface area contributed by atoms with E-state index in [1.165, 1.54) is 6.07 Å². The zero-order valence-electron chi connectivity index (χ0n) is 10.3. The smallest absolute Gasteiger partial charge is 0.346 e. The first kappa shape index (κ1) is 15.6. The average molecular weight is 302 g/mol. The quantitative estimate of drug-likeness (QED) is 0.746. The van der Waals surface area contributed by atoms with Crippen molar-refractivity contribution in [3.8, 4) is 6.07 Å². The van der Waals surface area contributed by atoms with Crippen molar-refractivity contribution < 1.29 is 18.3 Å². The summed E-state index contributed by atoms with van der Waals surface area (Å²) in [4.78, 5) is 10.9. The highest BCUT2D eigenvalue weighted by Gasteiger charge is 2.21. The van der Waals surface area contributed by atoms with Crippen molar-refractivity contribution in [2.24, 2.45) is 0 Å². The Balaban J connectivity index is 2.70. The Morgan fingerprint density at radius 1 is 1.53 bits per heavy atom. The number of thiophene rings is 1. The Morgan fingerprint density at radius 3 is 2.74 bits per heavy atom. The molecule has 0 spiro atoms. The second kappa shape index (κ2) is 6.65. The number of hydrogen-bond acceptors (Lipinski definition) is 5. The first-order valence-corrected chi connectivity index (χ1v) is 7.89. The number of aromatic carboxylic acids is 1. The molecular formula is C11H14N2O4S2. The number of nitriles is 1. The molecule has 104 valence electrons. The minimum absolute atomic E-state index is 0.00248. The molecule has 0 saturated carbocycles. The van der Waals surface area contributed by atoms with Gasteiger partial charge in [-0.25, -0.2) is 17.9 Å². The summed E-state index contributed by atoms with van der Waals surface area (Å²) in [6.07, 6.45) is 1.59. The molecule has 1 aromatic rings. The molecule has 0 unspecified atom stereocenters. The highest BCUT2D eigenvalue weighted by atomic mass is 32.2. The molecule has 0 bridgehead atoms. The zero-order valence-corrected chi connectivity index (χ0v) is 12.0. The predicted molar refractivity (Wildman–Crippen MR) is 70.7 cm³/mol. The lowest BCUT2D eigenvalue weighted by molar-refractivity contribution is 0.0701. The molecule has 0 aliphatic heterocycles. The molecule has 0 aromatic carbocycles. The van der Waals surface area contributed by atoms with Gasteiger partial charge in [-0.15, -0.1) is 11.3 Å². The van der Waals surface area contributed by atoms with Gasteiger partial charge >= 0.3 is 5.97 Å². The van der Waals surface area contributed by atoms with Gasteiger partial charge in [0.2, 0.25) is 10.0 Å². The van der Waals surface area contributed by atoms with Gasteiger partial charge in [0.1, 0.15) is 9.09 Å². The molecule has 0 amide bonds. The van der Waals surface area contributed by atoms with Crippen LogP contribution in [0, 0.1) is 18.3 Å². The summed E-state index contributed by atoms with van der Waals surface area (Å²) in [6.45, 7) is 1.80. The molecule has 19 heavy (non-hydrogen) atoms. The molecular weight excluding hydrogens is 288 g/mol. The summed E-state index contributed by atoms with van der Waals surface area (Å²) in [5.41, 5.74) is 0.433. The number of carbonyl (C=O) groups is 1. The minimum Gasteiger partial charge on any atom is -0.477 e. The fourth-order valence-electron chi connectivity index (χ4n) is 1.40. The largest absolute Gasteiger partial charge is 0.477 e. The number of nitrogens with one attached hydrogen (secondary N) is 1. The second-order valence-corrected chi connectivity index (χ2v) is 6.94. The molecule has 8 heteroatoms. The van der Waals surface area contributed by atoms with Crippen LogP contribution in [-0.2, 0) is 10.0 Å². The molecule has 0 aliphatic rings. The van der Waals surface area contributed by atoms with Crippen LogP contribution < -0.4 is 4.72 Å². The van der Waals surface area contributed by atoms with E-state index in [0.29, 0.717) is 24.8 Å². The SMILES string of the molecule is Cc1cc(S(=O)(=O)NCCCCC#N)sc1C(=O)O. The molecule has 1 aromatic heterocycles. The topological polar surface area (TPSA) is 107 Å². The number of hydrogen-bond donors (Lipinski definition) is 2. The van der Waals surface area contributed by atoms with E-state index in [1.54, 1.807) is 6.92 Å². The molecule has 1 heterocycles. The number of carboxylic acids is 1. The van der Waals surface area contributed by atoms with Gasteiger partial charge in [-0.3, -0.25) is 0 Å². The number of aryl methyl sites for hydroxylation is 1. The first-order chi connectivity index (χ1) is 8.88. The van der Waals surface area contributed by atoms with Crippen LogP contribution in [0.3, 0.4) is 0 Å². The van der Waals surface area contributed by atoms with E-state index in [2.05, 4.69) is 4.72 Å². The third-order valence-electron chi connectivity index (χ3n) is 2.36. The van der Waals surface area contributed by atoms with Gasteiger partial charge in [0.25, 0.3) is 0 Å². The molecule has 2 N–H and O–H groups in total. The van der Waals surface area contributed by atoms with Gasteiger partial charge in [0.05, 0.1) is 6.07 Å². The molecule has 0 aliphatic carbocycles. The summed E-state index contributed by atoms with van der Waals surface area (Å²) >= 11 is 0.740. The maximum Gasteiger partial charge on any atom is 0.346 e. The predicted octanol–water partition coefficient (Wildman–Crippen LogP) is 1.73. The summed E-state index contributed by atoms with van der Waals surface area (Å²) in [5, 5.41) is 17.2. The maximum atomic E-state index is 11.9. The van der Waals surface area contributed by atoms with Crippen LogP contribution in [0.15, 0.2) is 10.3 Å². The van der Waals surface area contributed by atoms with E-state index in [-0.39, 0.29) is 15.6 Å². The minimum atomic E-state index is -3.66. The zero-order chi connectivity index (χ0) is 14.5. The summed E-state index contributed by atoms with van der Waals surface area (Å²) in [5.74, 6) is -1.13. The maximum absolute atomic E-state index is 11.9. The average Bonchev–Trinajstić information content (AvgIpc) is 2.72. The van der Waals surface area contributed by atoms with Crippen molar-refractivity contribution >= 4 is 27.3 Å². The van der Waals surface area contributed by atoms with Crippen molar-refractivity contribution in [2.45, 2.75) is 30.4 Å². The number of nitrogens with zero attached hydrogens (tertiary/aromatic N) is 1. The fraction of sp³-hybridized carbons (Fsp3) is 0.455. The Labute approximate surface area is 115 Å². The van der Waals surface area contributed by atoms with Gasteiger partial charge in [-0.2, -0.15) is 5.26 Å². The van der Waals surface area contributed by atoms with E-state index in [4.69, 9.17) is 10.4 Å². The Bertz CT molecular complexity index is 599. The molecule has 0 fully saturated rings. The molecule has 1 rings (SSSR count). The summed E-state index contributed by atoms with van der Waals surface area (Å²) in [6, 6.07) is 3.33. The van der Waals surface area contributed by atoms with Crippen molar-refractivity contribution in [1.29, 1.82) is 5.26 Å². The van der Waals surface area contributed by atoms with E-state index in [1.807, 2.05) is 6.07 Å². The highest BCUT2D eigenvalue weighted by Crippen LogP contribution is 2.25. The number of unbranched alkanes of at least 4 members (excludes halogenated alkanes) is 2. The standard InChI is InChI=1S/C11H14N2O4S2/c1-8-7-9(18-10(8)11(14)15)19(16,17)13-6-4-2-3-5-12/h7,13H,2-4,6H2,1H3,(H,14,15). The van der Waals surface area contributed by atoms with E-state index in [9.17, 15) is 13.2 Å². The van der Waals surface area contributed by atoms with Crippen LogP contribution >= 0.6 is 11.3 Å². The molecule has 0 radical (unpaired) electrons. The summed E-state index contributed by atoms with van der Waals surface area (Å²) < 4.78 is 26.2. The van der Waals surface area contributed by atoms with Crippen LogP contribution in [0.4, 0.5) is 0 Å². The van der Waals surface area contributed by atoms with E-state index >= 15 is 0 Å². The number of carboxylic acid groups (broad SMARTS) is 1.